The van der Waals surface area contributed by atoms with Crippen LogP contribution in [0.2, 0.25) is 0 Å². The molecule has 1 aliphatic heterocycles. The van der Waals surface area contributed by atoms with Crippen molar-refractivity contribution in [3.63, 3.8) is 0 Å². The standard InChI is InChI=1S/C20H29N5O4/c1-27-11-8-21-20(26)17-14-25(23-22-17)16-6-9-24(10-7-16)13-15-4-5-18(28-2)19(12-15)29-3/h4-5,12,14,16H,6-11,13H2,1-3H3,(H,21,26). The second-order valence-corrected chi connectivity index (χ2v) is 7.03. The van der Waals surface area contributed by atoms with Crippen molar-refractivity contribution in [3.05, 3.63) is 35.7 Å². The Balaban J connectivity index is 1.51. The zero-order valence-electron chi connectivity index (χ0n) is 17.3. The van der Waals surface area contributed by atoms with Crippen molar-refractivity contribution in [1.82, 2.24) is 25.2 Å². The number of nitrogens with zero attached hydrogens (tertiary/aromatic N) is 4. The Kier molecular flexibility index (Phi) is 7.42. The molecule has 2 heterocycles. The Morgan fingerprint density at radius 2 is 1.93 bits per heavy atom. The number of amides is 1. The number of hydrogen-bond acceptors (Lipinski definition) is 7. The summed E-state index contributed by atoms with van der Waals surface area (Å²) in [6.07, 6.45) is 3.65. The predicted molar refractivity (Wildman–Crippen MR) is 107 cm³/mol. The molecule has 0 bridgehead atoms. The highest BCUT2D eigenvalue weighted by Gasteiger charge is 2.23. The van der Waals surface area contributed by atoms with Crippen molar-refractivity contribution >= 4 is 5.91 Å². The van der Waals surface area contributed by atoms with E-state index in [0.717, 1.165) is 44.0 Å². The molecular weight excluding hydrogens is 374 g/mol. The Morgan fingerprint density at radius 3 is 2.62 bits per heavy atom. The molecule has 1 saturated heterocycles. The van der Waals surface area contributed by atoms with Crippen LogP contribution in [0.5, 0.6) is 11.5 Å². The number of rotatable bonds is 9. The van der Waals surface area contributed by atoms with Gasteiger partial charge in [-0.2, -0.15) is 0 Å². The van der Waals surface area contributed by atoms with Gasteiger partial charge in [-0.3, -0.25) is 9.69 Å². The topological polar surface area (TPSA) is 90.7 Å². The highest BCUT2D eigenvalue weighted by atomic mass is 16.5. The van der Waals surface area contributed by atoms with Gasteiger partial charge in [0.2, 0.25) is 0 Å². The first kappa shape index (κ1) is 21.1. The van der Waals surface area contributed by atoms with E-state index < -0.39 is 0 Å². The van der Waals surface area contributed by atoms with Gasteiger partial charge in [-0.1, -0.05) is 11.3 Å². The molecule has 0 saturated carbocycles. The lowest BCUT2D eigenvalue weighted by Crippen LogP contribution is -2.34. The van der Waals surface area contributed by atoms with Gasteiger partial charge in [0.05, 0.1) is 33.1 Å². The Bertz CT molecular complexity index is 802. The summed E-state index contributed by atoms with van der Waals surface area (Å²) in [6.45, 7) is 3.69. The monoisotopic (exact) mass is 403 g/mol. The van der Waals surface area contributed by atoms with Crippen LogP contribution in [0.4, 0.5) is 0 Å². The fourth-order valence-electron chi connectivity index (χ4n) is 3.50. The van der Waals surface area contributed by atoms with Gasteiger partial charge in [0.1, 0.15) is 0 Å². The molecule has 9 heteroatoms. The summed E-state index contributed by atoms with van der Waals surface area (Å²) in [5.74, 6) is 1.26. The summed E-state index contributed by atoms with van der Waals surface area (Å²) in [6, 6.07) is 6.29. The molecule has 0 unspecified atom stereocenters. The molecule has 2 aromatic rings. The van der Waals surface area contributed by atoms with Gasteiger partial charge < -0.3 is 19.5 Å². The van der Waals surface area contributed by atoms with E-state index in [9.17, 15) is 4.79 Å². The molecule has 0 aliphatic carbocycles. The number of nitrogens with one attached hydrogen (secondary N) is 1. The molecule has 3 rings (SSSR count). The molecule has 0 radical (unpaired) electrons. The number of carbonyl (C=O) groups excluding carboxylic acids is 1. The van der Waals surface area contributed by atoms with Crippen molar-refractivity contribution in [1.29, 1.82) is 0 Å². The second kappa shape index (κ2) is 10.2. The van der Waals surface area contributed by atoms with Crippen molar-refractivity contribution in [2.75, 3.05) is 47.6 Å². The Morgan fingerprint density at radius 1 is 1.17 bits per heavy atom. The van der Waals surface area contributed by atoms with Gasteiger partial charge in [0.25, 0.3) is 5.91 Å². The molecule has 1 fully saturated rings. The molecule has 0 atom stereocenters. The van der Waals surface area contributed by atoms with Crippen LogP contribution in [0.3, 0.4) is 0 Å². The van der Waals surface area contributed by atoms with Crippen LogP contribution < -0.4 is 14.8 Å². The second-order valence-electron chi connectivity index (χ2n) is 7.03. The third-order valence-electron chi connectivity index (χ3n) is 5.12. The average Bonchev–Trinajstić information content (AvgIpc) is 3.24. The van der Waals surface area contributed by atoms with Gasteiger partial charge in [0, 0.05) is 33.3 Å². The van der Waals surface area contributed by atoms with E-state index in [0.29, 0.717) is 18.8 Å². The smallest absolute Gasteiger partial charge is 0.273 e. The van der Waals surface area contributed by atoms with E-state index in [1.165, 1.54) is 5.56 Å². The molecule has 1 aromatic heterocycles. The molecule has 1 N–H and O–H groups in total. The number of hydrogen-bond donors (Lipinski definition) is 1. The summed E-state index contributed by atoms with van der Waals surface area (Å²) < 4.78 is 17.4. The van der Waals surface area contributed by atoms with Crippen molar-refractivity contribution in [2.45, 2.75) is 25.4 Å². The number of methoxy groups -OCH3 is 3. The minimum Gasteiger partial charge on any atom is -0.493 e. The van der Waals surface area contributed by atoms with E-state index in [2.05, 4.69) is 26.6 Å². The summed E-state index contributed by atoms with van der Waals surface area (Å²) in [4.78, 5) is 14.5. The van der Waals surface area contributed by atoms with Crippen molar-refractivity contribution < 1.29 is 19.0 Å². The Hall–Kier alpha value is -2.65. The molecule has 1 aliphatic rings. The van der Waals surface area contributed by atoms with Crippen molar-refractivity contribution in [3.8, 4) is 11.5 Å². The van der Waals surface area contributed by atoms with Gasteiger partial charge in [-0.25, -0.2) is 4.68 Å². The van der Waals surface area contributed by atoms with Gasteiger partial charge in [0.15, 0.2) is 17.2 Å². The first-order valence-corrected chi connectivity index (χ1v) is 9.76. The van der Waals surface area contributed by atoms with Crippen LogP contribution in [0.15, 0.2) is 24.4 Å². The number of aromatic nitrogens is 3. The lowest BCUT2D eigenvalue weighted by atomic mass is 10.0. The predicted octanol–water partition coefficient (Wildman–Crippen LogP) is 1.51. The maximum atomic E-state index is 12.1. The Labute approximate surface area is 170 Å². The molecule has 29 heavy (non-hydrogen) atoms. The molecule has 9 nitrogen and oxygen atoms in total. The lowest BCUT2D eigenvalue weighted by Gasteiger charge is -2.31. The molecule has 158 valence electrons. The van der Waals surface area contributed by atoms with Crippen LogP contribution in [-0.4, -0.2) is 73.4 Å². The number of likely N-dealkylation sites (tertiary alicyclic amines) is 1. The van der Waals surface area contributed by atoms with Crippen LogP contribution in [0, 0.1) is 0 Å². The number of piperidine rings is 1. The SMILES string of the molecule is COCCNC(=O)c1cn(C2CCN(Cc3ccc(OC)c(OC)c3)CC2)nn1. The summed E-state index contributed by atoms with van der Waals surface area (Å²) in [5.41, 5.74) is 1.53. The van der Waals surface area contributed by atoms with Gasteiger partial charge >= 0.3 is 0 Å². The molecular formula is C20H29N5O4. The van der Waals surface area contributed by atoms with Gasteiger partial charge in [-0.05, 0) is 30.5 Å². The van der Waals surface area contributed by atoms with E-state index in [1.807, 2.05) is 16.8 Å². The van der Waals surface area contributed by atoms with Crippen LogP contribution in [-0.2, 0) is 11.3 Å². The fraction of sp³-hybridized carbons (Fsp3) is 0.550. The third-order valence-corrected chi connectivity index (χ3v) is 5.12. The maximum Gasteiger partial charge on any atom is 0.273 e. The lowest BCUT2D eigenvalue weighted by molar-refractivity contribution is 0.0932. The highest BCUT2D eigenvalue weighted by molar-refractivity contribution is 5.91. The van der Waals surface area contributed by atoms with E-state index in [4.69, 9.17) is 14.2 Å². The van der Waals surface area contributed by atoms with E-state index >= 15 is 0 Å². The molecule has 1 aromatic carbocycles. The van der Waals surface area contributed by atoms with E-state index in [1.54, 1.807) is 27.5 Å². The summed E-state index contributed by atoms with van der Waals surface area (Å²) in [7, 11) is 4.89. The van der Waals surface area contributed by atoms with E-state index in [-0.39, 0.29) is 11.9 Å². The van der Waals surface area contributed by atoms with Crippen LogP contribution in [0.25, 0.3) is 0 Å². The quantitative estimate of drug-likeness (QED) is 0.635. The summed E-state index contributed by atoms with van der Waals surface area (Å²) in [5, 5.41) is 10.9. The normalized spacial score (nSPS) is 15.3. The third kappa shape index (κ3) is 5.45. The molecule has 0 spiro atoms. The minimum absolute atomic E-state index is 0.223. The maximum absolute atomic E-state index is 12.1. The zero-order chi connectivity index (χ0) is 20.6. The zero-order valence-corrected chi connectivity index (χ0v) is 17.3. The highest BCUT2D eigenvalue weighted by Crippen LogP contribution is 2.29. The largest absolute Gasteiger partial charge is 0.493 e. The summed E-state index contributed by atoms with van der Waals surface area (Å²) >= 11 is 0. The number of ether oxygens (including phenoxy) is 3. The van der Waals surface area contributed by atoms with Gasteiger partial charge in [-0.15, -0.1) is 5.10 Å². The van der Waals surface area contributed by atoms with Crippen molar-refractivity contribution in [2.24, 2.45) is 0 Å². The fourth-order valence-corrected chi connectivity index (χ4v) is 3.50. The first-order chi connectivity index (χ1) is 14.1. The molecule has 1 amide bonds. The first-order valence-electron chi connectivity index (χ1n) is 9.76. The minimum atomic E-state index is -0.223. The number of carbonyl (C=O) groups is 1. The van der Waals surface area contributed by atoms with Crippen LogP contribution >= 0.6 is 0 Å². The van der Waals surface area contributed by atoms with Crippen LogP contribution in [0.1, 0.15) is 34.9 Å². The average molecular weight is 403 g/mol. The number of benzene rings is 1.